The van der Waals surface area contributed by atoms with E-state index in [-0.39, 0.29) is 14.5 Å². The summed E-state index contributed by atoms with van der Waals surface area (Å²) in [6.07, 6.45) is 0. The monoisotopic (exact) mass is 640 g/mol. The van der Waals surface area contributed by atoms with E-state index in [0.717, 1.165) is 48.3 Å². The van der Waals surface area contributed by atoms with Gasteiger partial charge in [0.25, 0.3) is 0 Å². The first kappa shape index (κ1) is 26.0. The molecule has 45 heavy (non-hydrogen) atoms. The van der Waals surface area contributed by atoms with Crippen molar-refractivity contribution in [2.24, 2.45) is 0 Å². The summed E-state index contributed by atoms with van der Waals surface area (Å²) in [6.45, 7) is 0. The van der Waals surface area contributed by atoms with Gasteiger partial charge in [-0.2, -0.15) is 0 Å². The summed E-state index contributed by atoms with van der Waals surface area (Å²) in [5.41, 5.74) is 5.11. The first-order valence-electron chi connectivity index (χ1n) is 14.9. The quantitative estimate of drug-likeness (QED) is 0.180. The van der Waals surface area contributed by atoms with Gasteiger partial charge in [-0.05, 0) is 0 Å². The molecule has 0 amide bonds. The molecule has 0 saturated heterocycles. The zero-order valence-corrected chi connectivity index (χ0v) is 25.8. The van der Waals surface area contributed by atoms with Gasteiger partial charge in [-0.15, -0.1) is 0 Å². The number of hydrogen-bond donors (Lipinski definition) is 0. The Morgan fingerprint density at radius 3 is 1.44 bits per heavy atom. The Labute approximate surface area is 265 Å². The third-order valence-electron chi connectivity index (χ3n) is 8.31. The predicted molar refractivity (Wildman–Crippen MR) is 186 cm³/mol. The van der Waals surface area contributed by atoms with Gasteiger partial charge >= 0.3 is 230 Å². The van der Waals surface area contributed by atoms with E-state index in [1.165, 1.54) is 20.6 Å². The molecule has 4 nitrogen and oxygen atoms in total. The third-order valence-corrected chi connectivity index (χ3v) is 10.6. The fourth-order valence-corrected chi connectivity index (χ4v) is 8.05. The maximum atomic E-state index is 5.16. The van der Waals surface area contributed by atoms with E-state index >= 15 is 0 Å². The minimum atomic E-state index is 0.153. The van der Waals surface area contributed by atoms with Crippen LogP contribution in [-0.2, 0) is 0 Å². The van der Waals surface area contributed by atoms with Crippen LogP contribution in [0, 0.1) is 0 Å². The summed E-state index contributed by atoms with van der Waals surface area (Å²) in [5.74, 6) is 1.95. The number of benzene rings is 7. The summed E-state index contributed by atoms with van der Waals surface area (Å²) in [4.78, 5) is 20.4. The van der Waals surface area contributed by atoms with Crippen LogP contribution >= 0.6 is 0 Å². The number of hydrogen-bond acceptors (Lipinski definition) is 4. The summed E-state index contributed by atoms with van der Waals surface area (Å²) in [7, 11) is 0. The molecular weight excluding hydrogens is 615 g/mol. The van der Waals surface area contributed by atoms with Crippen molar-refractivity contribution in [3.8, 4) is 44.3 Å². The van der Waals surface area contributed by atoms with E-state index in [9.17, 15) is 0 Å². The van der Waals surface area contributed by atoms with Crippen molar-refractivity contribution in [2.75, 3.05) is 0 Å². The first-order chi connectivity index (χ1) is 22.2. The summed E-state index contributed by atoms with van der Waals surface area (Å²) in [5, 5.41) is 6.96. The molecule has 0 aliphatic carbocycles. The summed E-state index contributed by atoms with van der Waals surface area (Å²) in [6, 6.07) is 50.9. The molecule has 0 bridgehead atoms. The Balaban J connectivity index is 1.24. The van der Waals surface area contributed by atoms with Crippen molar-refractivity contribution in [1.29, 1.82) is 0 Å². The van der Waals surface area contributed by atoms with Gasteiger partial charge in [0.2, 0.25) is 0 Å². The van der Waals surface area contributed by atoms with E-state index in [4.69, 9.17) is 19.9 Å². The van der Waals surface area contributed by atoms with E-state index in [0.29, 0.717) is 17.5 Å². The standard InChI is InChI=1S/C40H24N4Se/c1-2-10-28(11-3-1)40-41-36-34-24-33(19-16-27(34)20-21-35(36)45-40)39-43-37(31-17-14-25-8-4-6-12-29(25)22-31)42-38(44-39)32-18-15-26-9-5-7-13-30(26)23-32/h1-24H. The van der Waals surface area contributed by atoms with Crippen LogP contribution in [0.25, 0.3) is 86.4 Å². The Hall–Kier alpha value is -5.48. The van der Waals surface area contributed by atoms with Crippen molar-refractivity contribution >= 4 is 56.6 Å². The van der Waals surface area contributed by atoms with Gasteiger partial charge < -0.3 is 0 Å². The normalized spacial score (nSPS) is 11.6. The molecule has 0 radical (unpaired) electrons. The van der Waals surface area contributed by atoms with Gasteiger partial charge in [-0.3, -0.25) is 0 Å². The molecular formula is C40H24N4Se. The minimum absolute atomic E-state index is 0.153. The molecule has 210 valence electrons. The van der Waals surface area contributed by atoms with Gasteiger partial charge in [-0.25, -0.2) is 0 Å². The number of rotatable bonds is 4. The molecule has 0 aliphatic heterocycles. The Morgan fingerprint density at radius 2 is 0.844 bits per heavy atom. The predicted octanol–water partition coefficient (Wildman–Crippen LogP) is 9.60. The maximum absolute atomic E-state index is 5.16. The second kappa shape index (κ2) is 10.6. The van der Waals surface area contributed by atoms with Crippen molar-refractivity contribution in [3.63, 3.8) is 0 Å². The molecule has 2 heterocycles. The molecule has 5 heteroatoms. The van der Waals surface area contributed by atoms with Crippen LogP contribution in [0.5, 0.6) is 0 Å². The molecule has 0 aliphatic rings. The average molecular weight is 640 g/mol. The molecule has 0 atom stereocenters. The number of aromatic nitrogens is 4. The average Bonchev–Trinajstić information content (AvgIpc) is 3.56. The van der Waals surface area contributed by atoms with Crippen LogP contribution in [0.2, 0.25) is 0 Å². The Bertz CT molecular complexity index is 2460. The molecule has 0 N–H and O–H groups in total. The van der Waals surface area contributed by atoms with Crippen LogP contribution in [-0.4, -0.2) is 34.4 Å². The van der Waals surface area contributed by atoms with Gasteiger partial charge in [0.15, 0.2) is 0 Å². The van der Waals surface area contributed by atoms with Crippen molar-refractivity contribution in [3.05, 3.63) is 146 Å². The van der Waals surface area contributed by atoms with Gasteiger partial charge in [0.05, 0.1) is 0 Å². The van der Waals surface area contributed by atoms with Gasteiger partial charge in [0.1, 0.15) is 0 Å². The second-order valence-corrected chi connectivity index (χ2v) is 13.3. The molecule has 2 aromatic heterocycles. The topological polar surface area (TPSA) is 51.6 Å². The van der Waals surface area contributed by atoms with Crippen molar-refractivity contribution in [1.82, 2.24) is 19.9 Å². The van der Waals surface area contributed by atoms with E-state index in [1.54, 1.807) is 0 Å². The zero-order valence-electron chi connectivity index (χ0n) is 24.1. The number of nitrogens with zero attached hydrogens (tertiary/aromatic N) is 4. The van der Waals surface area contributed by atoms with Crippen LogP contribution in [0.3, 0.4) is 0 Å². The third kappa shape index (κ3) is 4.70. The van der Waals surface area contributed by atoms with Crippen LogP contribution in [0.15, 0.2) is 146 Å². The van der Waals surface area contributed by atoms with E-state index in [2.05, 4.69) is 140 Å². The zero-order chi connectivity index (χ0) is 29.7. The first-order valence-corrected chi connectivity index (χ1v) is 16.6. The molecule has 0 spiro atoms. The Kier molecular flexibility index (Phi) is 6.12. The molecule has 9 rings (SSSR count). The van der Waals surface area contributed by atoms with Gasteiger partial charge in [-0.1, -0.05) is 36.4 Å². The van der Waals surface area contributed by atoms with Crippen molar-refractivity contribution in [2.45, 2.75) is 0 Å². The Morgan fingerprint density at radius 1 is 0.356 bits per heavy atom. The molecule has 7 aromatic carbocycles. The molecule has 9 aromatic rings. The SMILES string of the molecule is c1ccc(-c2nc3c(ccc4ccc(-c5nc(-c6ccc7ccccc7c6)nc(-c6ccc7ccccc7c6)n5)cc43)[se]2)cc1. The van der Waals surface area contributed by atoms with Crippen LogP contribution in [0.1, 0.15) is 0 Å². The van der Waals surface area contributed by atoms with Gasteiger partial charge in [0, 0.05) is 0 Å². The fraction of sp³-hybridized carbons (Fsp3) is 0. The van der Waals surface area contributed by atoms with E-state index in [1.807, 2.05) is 6.07 Å². The molecule has 0 saturated carbocycles. The summed E-state index contributed by atoms with van der Waals surface area (Å²) < 4.78 is 2.46. The number of fused-ring (bicyclic) bond motifs is 5. The second-order valence-electron chi connectivity index (χ2n) is 11.2. The van der Waals surface area contributed by atoms with E-state index < -0.39 is 0 Å². The van der Waals surface area contributed by atoms with Crippen LogP contribution < -0.4 is 0 Å². The molecule has 0 fully saturated rings. The summed E-state index contributed by atoms with van der Waals surface area (Å²) >= 11 is 0.153. The van der Waals surface area contributed by atoms with Crippen molar-refractivity contribution < 1.29 is 0 Å². The molecule has 0 unspecified atom stereocenters. The fourth-order valence-electron chi connectivity index (χ4n) is 5.97. The van der Waals surface area contributed by atoms with Crippen LogP contribution in [0.4, 0.5) is 0 Å².